The van der Waals surface area contributed by atoms with Crippen molar-refractivity contribution in [1.29, 1.82) is 0 Å². The van der Waals surface area contributed by atoms with E-state index in [1.807, 2.05) is 7.05 Å². The van der Waals surface area contributed by atoms with Crippen LogP contribution in [0.15, 0.2) is 4.99 Å². The van der Waals surface area contributed by atoms with Crippen molar-refractivity contribution in [3.63, 3.8) is 0 Å². The summed E-state index contributed by atoms with van der Waals surface area (Å²) in [5, 5.41) is 3.41. The van der Waals surface area contributed by atoms with Crippen molar-refractivity contribution in [3.05, 3.63) is 0 Å². The molecule has 2 heterocycles. The zero-order chi connectivity index (χ0) is 16.6. The van der Waals surface area contributed by atoms with Crippen LogP contribution in [0.25, 0.3) is 0 Å². The predicted octanol–water partition coefficient (Wildman–Crippen LogP) is 2.27. The largest absolute Gasteiger partial charge is 0.379 e. The van der Waals surface area contributed by atoms with Gasteiger partial charge in [-0.3, -0.25) is 4.99 Å². The fourth-order valence-electron chi connectivity index (χ4n) is 3.36. The minimum Gasteiger partial charge on any atom is -0.379 e. The molecular weight excluding hydrogens is 433 g/mol. The van der Waals surface area contributed by atoms with E-state index in [4.69, 9.17) is 14.2 Å². The average Bonchev–Trinajstić information content (AvgIpc) is 3.29. The lowest BCUT2D eigenvalue weighted by Gasteiger charge is -2.34. The summed E-state index contributed by atoms with van der Waals surface area (Å²) >= 11 is 0. The molecule has 1 N–H and O–H groups in total. The maximum Gasteiger partial charge on any atom is 0.193 e. The molecular formula is C18H34IN3O3. The quantitative estimate of drug-likeness (QED) is 0.257. The summed E-state index contributed by atoms with van der Waals surface area (Å²) in [5.74, 6) is 1.82. The fraction of sp³-hybridized carbons (Fsp3) is 0.944. The molecule has 0 bridgehead atoms. The first-order valence-electron chi connectivity index (χ1n) is 9.61. The Balaban J connectivity index is 0.00000225. The Bertz CT molecular complexity index is 393. The summed E-state index contributed by atoms with van der Waals surface area (Å²) in [4.78, 5) is 6.73. The number of nitrogens with one attached hydrogen (secondary N) is 1. The molecule has 7 heteroatoms. The topological polar surface area (TPSA) is 55.3 Å². The van der Waals surface area contributed by atoms with Gasteiger partial charge in [0, 0.05) is 39.9 Å². The average molecular weight is 467 g/mol. The van der Waals surface area contributed by atoms with E-state index in [1.165, 1.54) is 19.3 Å². The summed E-state index contributed by atoms with van der Waals surface area (Å²) in [7, 11) is 1.85. The zero-order valence-electron chi connectivity index (χ0n) is 15.5. The van der Waals surface area contributed by atoms with Crippen LogP contribution in [-0.2, 0) is 14.2 Å². The normalized spacial score (nSPS) is 25.1. The van der Waals surface area contributed by atoms with E-state index in [9.17, 15) is 0 Å². The Morgan fingerprint density at radius 3 is 2.60 bits per heavy atom. The maximum atomic E-state index is 6.04. The van der Waals surface area contributed by atoms with Crippen LogP contribution in [0.5, 0.6) is 0 Å². The van der Waals surface area contributed by atoms with Crippen molar-refractivity contribution in [2.24, 2.45) is 10.9 Å². The van der Waals surface area contributed by atoms with Gasteiger partial charge in [0.1, 0.15) is 0 Å². The van der Waals surface area contributed by atoms with Crippen LogP contribution in [0, 0.1) is 5.92 Å². The molecule has 2 aliphatic heterocycles. The van der Waals surface area contributed by atoms with Crippen molar-refractivity contribution in [3.8, 4) is 0 Å². The number of likely N-dealkylation sites (tertiary alicyclic amines) is 1. The zero-order valence-corrected chi connectivity index (χ0v) is 17.8. The van der Waals surface area contributed by atoms with Gasteiger partial charge in [-0.1, -0.05) is 0 Å². The van der Waals surface area contributed by atoms with Gasteiger partial charge >= 0.3 is 0 Å². The molecule has 1 unspecified atom stereocenters. The molecule has 0 aromatic carbocycles. The first-order chi connectivity index (χ1) is 11.8. The fourth-order valence-corrected chi connectivity index (χ4v) is 3.36. The number of piperidine rings is 1. The molecule has 0 amide bonds. The molecule has 146 valence electrons. The van der Waals surface area contributed by atoms with Crippen molar-refractivity contribution >= 4 is 29.9 Å². The molecule has 6 nitrogen and oxygen atoms in total. The van der Waals surface area contributed by atoms with Crippen LogP contribution in [0.4, 0.5) is 0 Å². The van der Waals surface area contributed by atoms with Gasteiger partial charge in [0.15, 0.2) is 5.96 Å². The highest BCUT2D eigenvalue weighted by atomic mass is 127. The van der Waals surface area contributed by atoms with E-state index < -0.39 is 0 Å². The molecule has 0 aromatic heterocycles. The van der Waals surface area contributed by atoms with Gasteiger partial charge in [-0.25, -0.2) is 0 Å². The molecule has 1 aliphatic carbocycles. The summed E-state index contributed by atoms with van der Waals surface area (Å²) < 4.78 is 17.3. The van der Waals surface area contributed by atoms with Gasteiger partial charge in [0.2, 0.25) is 0 Å². The first-order valence-corrected chi connectivity index (χ1v) is 9.61. The van der Waals surface area contributed by atoms with E-state index in [0.717, 1.165) is 77.2 Å². The number of nitrogens with zero attached hydrogens (tertiary/aromatic N) is 2. The Kier molecular flexibility index (Phi) is 9.80. The van der Waals surface area contributed by atoms with Crippen LogP contribution in [0.1, 0.15) is 38.5 Å². The molecule has 1 saturated carbocycles. The molecule has 3 aliphatic rings. The SMILES string of the molecule is CN=C(NCCOCC1CC1)N1CCC(OCC2CCCO2)CC1.I. The summed E-state index contributed by atoms with van der Waals surface area (Å²) in [6.07, 6.45) is 7.84. The Morgan fingerprint density at radius 1 is 1.16 bits per heavy atom. The Hall–Kier alpha value is -0.120. The Morgan fingerprint density at radius 2 is 1.96 bits per heavy atom. The third kappa shape index (κ3) is 7.56. The van der Waals surface area contributed by atoms with Gasteiger partial charge < -0.3 is 24.4 Å². The lowest BCUT2D eigenvalue weighted by atomic mass is 10.1. The molecule has 25 heavy (non-hydrogen) atoms. The van der Waals surface area contributed by atoms with Gasteiger partial charge in [-0.15, -0.1) is 24.0 Å². The smallest absolute Gasteiger partial charge is 0.193 e. The third-order valence-corrected chi connectivity index (χ3v) is 5.08. The van der Waals surface area contributed by atoms with Crippen molar-refractivity contribution in [2.75, 3.05) is 53.1 Å². The van der Waals surface area contributed by atoms with Crippen molar-refractivity contribution in [1.82, 2.24) is 10.2 Å². The lowest BCUT2D eigenvalue weighted by Crippen LogP contribution is -2.47. The highest BCUT2D eigenvalue weighted by molar-refractivity contribution is 14.0. The molecule has 0 radical (unpaired) electrons. The number of aliphatic imine (C=N–C) groups is 1. The van der Waals surface area contributed by atoms with Crippen LogP contribution < -0.4 is 5.32 Å². The second-order valence-corrected chi connectivity index (χ2v) is 7.15. The number of halogens is 1. The second-order valence-electron chi connectivity index (χ2n) is 7.15. The number of hydrogen-bond acceptors (Lipinski definition) is 4. The van der Waals surface area contributed by atoms with Crippen LogP contribution in [0.3, 0.4) is 0 Å². The van der Waals surface area contributed by atoms with E-state index in [1.54, 1.807) is 0 Å². The summed E-state index contributed by atoms with van der Waals surface area (Å²) in [5.41, 5.74) is 0. The van der Waals surface area contributed by atoms with Gasteiger partial charge in [-0.05, 0) is 44.4 Å². The van der Waals surface area contributed by atoms with Crippen LogP contribution >= 0.6 is 24.0 Å². The minimum atomic E-state index is 0. The standard InChI is InChI=1S/C18H33N3O3.HI/c1-19-18(20-8-12-22-13-15-4-5-15)21-9-6-16(7-10-21)24-14-17-3-2-11-23-17;/h15-17H,2-14H2,1H3,(H,19,20);1H. The van der Waals surface area contributed by atoms with Gasteiger partial charge in [0.05, 0.1) is 25.4 Å². The summed E-state index contributed by atoms with van der Waals surface area (Å²) in [6, 6.07) is 0. The lowest BCUT2D eigenvalue weighted by molar-refractivity contribution is -0.0367. The van der Waals surface area contributed by atoms with Gasteiger partial charge in [-0.2, -0.15) is 0 Å². The Labute approximate surface area is 169 Å². The molecule has 0 aromatic rings. The van der Waals surface area contributed by atoms with E-state index in [2.05, 4.69) is 15.2 Å². The molecule has 0 spiro atoms. The van der Waals surface area contributed by atoms with Crippen LogP contribution in [-0.4, -0.2) is 76.2 Å². The third-order valence-electron chi connectivity index (χ3n) is 5.08. The predicted molar refractivity (Wildman–Crippen MR) is 110 cm³/mol. The highest BCUT2D eigenvalue weighted by Gasteiger charge is 2.24. The molecule has 3 rings (SSSR count). The second kappa shape index (κ2) is 11.6. The van der Waals surface area contributed by atoms with E-state index >= 15 is 0 Å². The monoisotopic (exact) mass is 467 g/mol. The maximum absolute atomic E-state index is 6.04. The summed E-state index contributed by atoms with van der Waals surface area (Å²) in [6.45, 7) is 6.17. The van der Waals surface area contributed by atoms with E-state index in [0.29, 0.717) is 12.2 Å². The van der Waals surface area contributed by atoms with Crippen molar-refractivity contribution in [2.45, 2.75) is 50.7 Å². The minimum absolute atomic E-state index is 0. The molecule has 1 atom stereocenters. The number of hydrogen-bond donors (Lipinski definition) is 1. The highest BCUT2D eigenvalue weighted by Crippen LogP contribution is 2.28. The number of ether oxygens (including phenoxy) is 3. The van der Waals surface area contributed by atoms with E-state index in [-0.39, 0.29) is 24.0 Å². The van der Waals surface area contributed by atoms with Crippen LogP contribution in [0.2, 0.25) is 0 Å². The number of guanidine groups is 1. The number of rotatable bonds is 8. The van der Waals surface area contributed by atoms with Crippen molar-refractivity contribution < 1.29 is 14.2 Å². The molecule has 2 saturated heterocycles. The van der Waals surface area contributed by atoms with Gasteiger partial charge in [0.25, 0.3) is 0 Å². The first kappa shape index (κ1) is 21.2. The molecule has 3 fully saturated rings.